The summed E-state index contributed by atoms with van der Waals surface area (Å²) in [6.07, 6.45) is 17.0. The first kappa shape index (κ1) is 30.0. The molecule has 1 aliphatic heterocycles. The third-order valence-electron chi connectivity index (χ3n) is 6.18. The summed E-state index contributed by atoms with van der Waals surface area (Å²) in [5.41, 5.74) is 2.51. The third kappa shape index (κ3) is 9.99. The van der Waals surface area contributed by atoms with Crippen molar-refractivity contribution in [2.75, 3.05) is 37.8 Å². The average Bonchev–Trinajstić information content (AvgIpc) is 3.38. The van der Waals surface area contributed by atoms with Gasteiger partial charge in [0.2, 0.25) is 0 Å². The molecule has 0 aliphatic carbocycles. The Morgan fingerprint density at radius 1 is 1.10 bits per heavy atom. The van der Waals surface area contributed by atoms with Crippen molar-refractivity contribution in [3.05, 3.63) is 84.0 Å². The maximum absolute atomic E-state index is 12.3. The van der Waals surface area contributed by atoms with Gasteiger partial charge in [-0.25, -0.2) is 14.8 Å². The van der Waals surface area contributed by atoms with Crippen LogP contribution in [-0.4, -0.2) is 69.8 Å². The molecule has 3 aromatic rings. The van der Waals surface area contributed by atoms with Crippen LogP contribution in [0.1, 0.15) is 41.3 Å². The Labute approximate surface area is 235 Å². The summed E-state index contributed by atoms with van der Waals surface area (Å²) in [7, 11) is 5.58. The Kier molecular flexibility index (Phi) is 11.9. The molecule has 4 N–H and O–H groups in total. The number of allylic oxidation sites excluding steroid dienone is 3. The highest BCUT2D eigenvalue weighted by Crippen LogP contribution is 2.14. The monoisotopic (exact) mass is 545 g/mol. The minimum Gasteiger partial charge on any atom is -0.365 e. The molecule has 1 saturated heterocycles. The SMILES string of the molecule is C/C=C\C=C/c1cnn(C)c1.CNC(=O)c1cccnc1NCc1ccnc(NC(=O)NC2CCN(C)CC2)c1. The molecule has 4 heterocycles. The largest absolute Gasteiger partial charge is 0.365 e. The number of urea groups is 1. The summed E-state index contributed by atoms with van der Waals surface area (Å²) >= 11 is 0. The van der Waals surface area contributed by atoms with Gasteiger partial charge in [0.15, 0.2) is 0 Å². The van der Waals surface area contributed by atoms with Gasteiger partial charge in [-0.3, -0.25) is 14.8 Å². The van der Waals surface area contributed by atoms with Gasteiger partial charge in [0.1, 0.15) is 11.6 Å². The lowest BCUT2D eigenvalue weighted by Gasteiger charge is -2.29. The minimum absolute atomic E-state index is 0.184. The zero-order chi connectivity index (χ0) is 28.7. The van der Waals surface area contributed by atoms with Crippen molar-refractivity contribution in [1.29, 1.82) is 0 Å². The van der Waals surface area contributed by atoms with Gasteiger partial charge in [-0.2, -0.15) is 5.10 Å². The molecule has 11 nitrogen and oxygen atoms in total. The highest BCUT2D eigenvalue weighted by Gasteiger charge is 2.18. The van der Waals surface area contributed by atoms with Crippen LogP contribution in [0, 0.1) is 0 Å². The first-order chi connectivity index (χ1) is 19.4. The number of aryl methyl sites for hydroxylation is 1. The number of carbonyl (C=O) groups is 2. The van der Waals surface area contributed by atoms with Gasteiger partial charge in [0, 0.05) is 50.8 Å². The molecule has 0 aromatic carbocycles. The zero-order valence-corrected chi connectivity index (χ0v) is 23.6. The molecule has 40 heavy (non-hydrogen) atoms. The molecule has 212 valence electrons. The molecule has 11 heteroatoms. The smallest absolute Gasteiger partial charge is 0.320 e. The topological polar surface area (TPSA) is 129 Å². The van der Waals surface area contributed by atoms with Crippen LogP contribution < -0.4 is 21.3 Å². The van der Waals surface area contributed by atoms with E-state index in [4.69, 9.17) is 0 Å². The molecule has 0 saturated carbocycles. The Balaban J connectivity index is 0.000000336. The van der Waals surface area contributed by atoms with Crippen molar-refractivity contribution < 1.29 is 9.59 Å². The summed E-state index contributed by atoms with van der Waals surface area (Å²) < 4.78 is 1.79. The number of nitrogens with zero attached hydrogens (tertiary/aromatic N) is 5. The minimum atomic E-state index is -0.246. The summed E-state index contributed by atoms with van der Waals surface area (Å²) in [6.45, 7) is 4.40. The number of pyridine rings is 2. The molecule has 3 aromatic heterocycles. The van der Waals surface area contributed by atoms with E-state index in [1.54, 1.807) is 42.3 Å². The molecule has 0 spiro atoms. The molecule has 0 bridgehead atoms. The first-order valence-corrected chi connectivity index (χ1v) is 13.3. The number of aromatic nitrogens is 4. The number of likely N-dealkylation sites (tertiary alicyclic amines) is 1. The third-order valence-corrected chi connectivity index (χ3v) is 6.18. The number of hydrogen-bond acceptors (Lipinski definition) is 7. The lowest BCUT2D eigenvalue weighted by molar-refractivity contribution is 0.0963. The van der Waals surface area contributed by atoms with Crippen molar-refractivity contribution in [3.8, 4) is 0 Å². The molecule has 0 radical (unpaired) electrons. The van der Waals surface area contributed by atoms with E-state index in [0.29, 0.717) is 23.7 Å². The van der Waals surface area contributed by atoms with Crippen LogP contribution in [0.15, 0.2) is 67.3 Å². The van der Waals surface area contributed by atoms with E-state index >= 15 is 0 Å². The van der Waals surface area contributed by atoms with Crippen molar-refractivity contribution >= 4 is 29.7 Å². The van der Waals surface area contributed by atoms with Gasteiger partial charge in [-0.1, -0.05) is 24.3 Å². The van der Waals surface area contributed by atoms with Crippen LogP contribution >= 0.6 is 0 Å². The fraction of sp³-hybridized carbons (Fsp3) is 0.345. The van der Waals surface area contributed by atoms with Crippen molar-refractivity contribution in [2.45, 2.75) is 32.4 Å². The van der Waals surface area contributed by atoms with Crippen molar-refractivity contribution in [1.82, 2.24) is 35.3 Å². The van der Waals surface area contributed by atoms with Crippen LogP contribution in [0.5, 0.6) is 0 Å². The molecular weight excluding hydrogens is 506 g/mol. The van der Waals surface area contributed by atoms with E-state index in [1.165, 1.54) is 0 Å². The number of hydrogen-bond donors (Lipinski definition) is 4. The maximum atomic E-state index is 12.3. The highest BCUT2D eigenvalue weighted by atomic mass is 16.2. The maximum Gasteiger partial charge on any atom is 0.320 e. The Morgan fingerprint density at radius 2 is 1.90 bits per heavy atom. The lowest BCUT2D eigenvalue weighted by Crippen LogP contribution is -2.44. The lowest BCUT2D eigenvalue weighted by atomic mass is 10.1. The van der Waals surface area contributed by atoms with Crippen molar-refractivity contribution in [3.63, 3.8) is 0 Å². The summed E-state index contributed by atoms with van der Waals surface area (Å²) in [5.74, 6) is 0.767. The summed E-state index contributed by atoms with van der Waals surface area (Å²) in [4.78, 5) is 34.9. The molecule has 1 fully saturated rings. The van der Waals surface area contributed by atoms with Crippen LogP contribution in [0.4, 0.5) is 16.4 Å². The van der Waals surface area contributed by atoms with Crippen LogP contribution in [0.25, 0.3) is 6.08 Å². The summed E-state index contributed by atoms with van der Waals surface area (Å²) in [6, 6.07) is 7.00. The van der Waals surface area contributed by atoms with Gasteiger partial charge in [0.05, 0.1) is 11.8 Å². The fourth-order valence-electron chi connectivity index (χ4n) is 4.00. The van der Waals surface area contributed by atoms with Gasteiger partial charge < -0.3 is 20.9 Å². The Morgan fingerprint density at radius 3 is 2.60 bits per heavy atom. The van der Waals surface area contributed by atoms with Crippen LogP contribution in [0.3, 0.4) is 0 Å². The molecule has 1 aliphatic rings. The second-order valence-corrected chi connectivity index (χ2v) is 9.39. The molecular formula is C29H39N9O2. The van der Waals surface area contributed by atoms with E-state index < -0.39 is 0 Å². The van der Waals surface area contributed by atoms with E-state index in [-0.39, 0.29) is 18.0 Å². The van der Waals surface area contributed by atoms with E-state index in [1.807, 2.05) is 56.7 Å². The van der Waals surface area contributed by atoms with Gasteiger partial charge in [0.25, 0.3) is 5.91 Å². The molecule has 0 atom stereocenters. The normalized spacial score (nSPS) is 14.0. The van der Waals surface area contributed by atoms with E-state index in [9.17, 15) is 9.59 Å². The van der Waals surface area contributed by atoms with Gasteiger partial charge in [-0.05, 0) is 69.7 Å². The van der Waals surface area contributed by atoms with E-state index in [2.05, 4.69) is 48.3 Å². The number of rotatable bonds is 8. The number of piperidine rings is 1. The predicted molar refractivity (Wildman–Crippen MR) is 159 cm³/mol. The van der Waals surface area contributed by atoms with Crippen LogP contribution in [-0.2, 0) is 13.6 Å². The Bertz CT molecular complexity index is 1290. The highest BCUT2D eigenvalue weighted by molar-refractivity contribution is 5.98. The molecule has 3 amide bonds. The number of amides is 3. The zero-order valence-electron chi connectivity index (χ0n) is 23.6. The van der Waals surface area contributed by atoms with Gasteiger partial charge in [-0.15, -0.1) is 0 Å². The predicted octanol–water partition coefficient (Wildman–Crippen LogP) is 3.67. The second kappa shape index (κ2) is 15.8. The number of anilines is 2. The van der Waals surface area contributed by atoms with E-state index in [0.717, 1.165) is 37.1 Å². The van der Waals surface area contributed by atoms with Crippen LogP contribution in [0.2, 0.25) is 0 Å². The van der Waals surface area contributed by atoms with Gasteiger partial charge >= 0.3 is 6.03 Å². The quantitative estimate of drug-likeness (QED) is 0.318. The fourth-order valence-corrected chi connectivity index (χ4v) is 4.00. The molecule has 4 rings (SSSR count). The number of nitrogens with one attached hydrogen (secondary N) is 4. The second-order valence-electron chi connectivity index (χ2n) is 9.39. The average molecular weight is 546 g/mol. The Hall–Kier alpha value is -4.51. The first-order valence-electron chi connectivity index (χ1n) is 13.3. The standard InChI is InChI=1S/C20H27N7O2.C9H12N2/c1-21-19(28)16-4-3-8-23-18(16)24-13-14-5-9-22-17(12-14)26-20(29)25-15-6-10-27(2)11-7-15;1-3-4-5-6-9-7-10-11(2)8-9/h3-5,8-9,12,15H,6-7,10-11,13H2,1-2H3,(H,21,28)(H,23,24)(H2,22,25,26,29);3-8H,1-2H3/b;4-3-,6-5-. The summed E-state index contributed by atoms with van der Waals surface area (Å²) in [5, 5.41) is 15.6. The molecule has 0 unspecified atom stereocenters. The van der Waals surface area contributed by atoms with Crippen molar-refractivity contribution in [2.24, 2.45) is 7.05 Å². The number of carbonyl (C=O) groups excluding carboxylic acids is 2.